The van der Waals surface area contributed by atoms with Gasteiger partial charge in [-0.2, -0.15) is 0 Å². The van der Waals surface area contributed by atoms with Crippen LogP contribution in [-0.4, -0.2) is 24.1 Å². The Morgan fingerprint density at radius 1 is 1.14 bits per heavy atom. The third-order valence-corrected chi connectivity index (χ3v) is 2.68. The molecule has 0 atom stereocenters. The van der Waals surface area contributed by atoms with Crippen LogP contribution in [0.2, 0.25) is 0 Å². The zero-order chi connectivity index (χ0) is 9.97. The Morgan fingerprint density at radius 3 is 2.07 bits per heavy atom. The van der Waals surface area contributed by atoms with E-state index in [0.29, 0.717) is 13.1 Å². The Labute approximate surface area is 83.0 Å². The van der Waals surface area contributed by atoms with Crippen LogP contribution >= 0.6 is 0 Å². The normalized spacial score (nSPS) is 15.9. The summed E-state index contributed by atoms with van der Waals surface area (Å²) in [5.74, 6) is 0. The molecule has 0 saturated carbocycles. The number of nitrogens with zero attached hydrogens (tertiary/aromatic N) is 1. The second-order valence-electron chi connectivity index (χ2n) is 3.52. The van der Waals surface area contributed by atoms with Gasteiger partial charge in [-0.15, -0.1) is 0 Å². The molecule has 0 unspecified atom stereocenters. The first-order chi connectivity index (χ1) is 6.77. The molecule has 2 rings (SSSR count). The molecule has 1 aliphatic heterocycles. The molecule has 1 heterocycles. The van der Waals surface area contributed by atoms with Crippen molar-refractivity contribution >= 4 is 6.09 Å². The second-order valence-corrected chi connectivity index (χ2v) is 3.52. The smallest absolute Gasteiger partial charge is 0.136 e. The van der Waals surface area contributed by atoms with Crippen LogP contribution in [0.25, 0.3) is 0 Å². The van der Waals surface area contributed by atoms with E-state index < -0.39 is 6.09 Å². The van der Waals surface area contributed by atoms with Gasteiger partial charge in [0, 0.05) is 13.1 Å². The molecule has 0 radical (unpaired) electrons. The number of amides is 1. The summed E-state index contributed by atoms with van der Waals surface area (Å²) >= 11 is 0. The molecular formula is C11H12NO2-. The first-order valence-electron chi connectivity index (χ1n) is 4.80. The molecule has 74 valence electrons. The van der Waals surface area contributed by atoms with E-state index in [1.54, 1.807) is 0 Å². The van der Waals surface area contributed by atoms with E-state index >= 15 is 0 Å². The SMILES string of the molecule is O=C([O-])N1CCc2ccccc2CC1. The van der Waals surface area contributed by atoms with E-state index in [1.165, 1.54) is 16.0 Å². The number of hydrogen-bond donors (Lipinski definition) is 0. The minimum Gasteiger partial charge on any atom is -0.530 e. The maximum atomic E-state index is 10.7. The third-order valence-electron chi connectivity index (χ3n) is 2.68. The lowest BCUT2D eigenvalue weighted by atomic mass is 10.0. The van der Waals surface area contributed by atoms with Crippen molar-refractivity contribution in [2.75, 3.05) is 13.1 Å². The van der Waals surface area contributed by atoms with E-state index in [2.05, 4.69) is 12.1 Å². The molecule has 0 N–H and O–H groups in total. The van der Waals surface area contributed by atoms with Crippen molar-refractivity contribution < 1.29 is 9.90 Å². The zero-order valence-corrected chi connectivity index (χ0v) is 7.90. The van der Waals surface area contributed by atoms with Crippen LogP contribution in [0, 0.1) is 0 Å². The van der Waals surface area contributed by atoms with Gasteiger partial charge in [-0.05, 0) is 24.0 Å². The summed E-state index contributed by atoms with van der Waals surface area (Å²) in [4.78, 5) is 12.0. The van der Waals surface area contributed by atoms with Crippen LogP contribution in [0.1, 0.15) is 11.1 Å². The minimum absolute atomic E-state index is 0.555. The van der Waals surface area contributed by atoms with Crippen molar-refractivity contribution in [3.05, 3.63) is 35.4 Å². The summed E-state index contributed by atoms with van der Waals surface area (Å²) in [5, 5.41) is 10.7. The number of carbonyl (C=O) groups excluding carboxylic acids is 1. The van der Waals surface area contributed by atoms with Crippen molar-refractivity contribution in [1.29, 1.82) is 0 Å². The highest BCUT2D eigenvalue weighted by Crippen LogP contribution is 2.14. The highest BCUT2D eigenvalue weighted by molar-refractivity contribution is 5.62. The van der Waals surface area contributed by atoms with Crippen molar-refractivity contribution in [3.8, 4) is 0 Å². The summed E-state index contributed by atoms with van der Waals surface area (Å²) in [5.41, 5.74) is 2.52. The first kappa shape index (κ1) is 9.06. The topological polar surface area (TPSA) is 43.4 Å². The fourth-order valence-electron chi connectivity index (χ4n) is 1.85. The van der Waals surface area contributed by atoms with E-state index in [0.717, 1.165) is 12.8 Å². The van der Waals surface area contributed by atoms with E-state index in [1.807, 2.05) is 12.1 Å². The molecular weight excluding hydrogens is 178 g/mol. The molecule has 0 bridgehead atoms. The highest BCUT2D eigenvalue weighted by Gasteiger charge is 2.12. The second kappa shape index (κ2) is 3.70. The van der Waals surface area contributed by atoms with Gasteiger partial charge in [-0.3, -0.25) is 0 Å². The molecule has 1 aliphatic rings. The van der Waals surface area contributed by atoms with Crippen molar-refractivity contribution in [2.24, 2.45) is 0 Å². The lowest BCUT2D eigenvalue weighted by Gasteiger charge is -2.22. The predicted molar refractivity (Wildman–Crippen MR) is 50.8 cm³/mol. The monoisotopic (exact) mass is 190 g/mol. The van der Waals surface area contributed by atoms with Gasteiger partial charge in [0.05, 0.1) is 0 Å². The molecule has 14 heavy (non-hydrogen) atoms. The average Bonchev–Trinajstić information content (AvgIpc) is 2.39. The fraction of sp³-hybridized carbons (Fsp3) is 0.364. The van der Waals surface area contributed by atoms with Crippen molar-refractivity contribution in [2.45, 2.75) is 12.8 Å². The molecule has 1 amide bonds. The maximum Gasteiger partial charge on any atom is 0.136 e. The van der Waals surface area contributed by atoms with Crippen LogP contribution in [0.3, 0.4) is 0 Å². The van der Waals surface area contributed by atoms with Gasteiger partial charge in [0.2, 0.25) is 0 Å². The lowest BCUT2D eigenvalue weighted by Crippen LogP contribution is -2.42. The largest absolute Gasteiger partial charge is 0.530 e. The Kier molecular flexibility index (Phi) is 2.39. The first-order valence-corrected chi connectivity index (χ1v) is 4.80. The minimum atomic E-state index is -1.06. The molecule has 0 saturated heterocycles. The van der Waals surface area contributed by atoms with Gasteiger partial charge in [0.1, 0.15) is 6.09 Å². The summed E-state index contributed by atoms with van der Waals surface area (Å²) in [7, 11) is 0. The van der Waals surface area contributed by atoms with Crippen molar-refractivity contribution in [3.63, 3.8) is 0 Å². The number of rotatable bonds is 0. The summed E-state index contributed by atoms with van der Waals surface area (Å²) in [6, 6.07) is 8.11. The molecule has 3 nitrogen and oxygen atoms in total. The van der Waals surface area contributed by atoms with Crippen LogP contribution in [0.15, 0.2) is 24.3 Å². The zero-order valence-electron chi connectivity index (χ0n) is 7.90. The van der Waals surface area contributed by atoms with Gasteiger partial charge in [-0.25, -0.2) is 0 Å². The Hall–Kier alpha value is -1.51. The van der Waals surface area contributed by atoms with Gasteiger partial charge in [0.25, 0.3) is 0 Å². The van der Waals surface area contributed by atoms with Gasteiger partial charge >= 0.3 is 0 Å². The Bertz CT molecular complexity index is 322. The van der Waals surface area contributed by atoms with Crippen LogP contribution in [0.5, 0.6) is 0 Å². The lowest BCUT2D eigenvalue weighted by molar-refractivity contribution is -0.265. The summed E-state index contributed by atoms with van der Waals surface area (Å²) in [6.45, 7) is 1.11. The summed E-state index contributed by atoms with van der Waals surface area (Å²) in [6.07, 6.45) is 0.534. The summed E-state index contributed by atoms with van der Waals surface area (Å²) < 4.78 is 0. The number of hydrogen-bond acceptors (Lipinski definition) is 2. The van der Waals surface area contributed by atoms with E-state index in [4.69, 9.17) is 0 Å². The number of benzene rings is 1. The predicted octanol–water partition coefficient (Wildman–Crippen LogP) is 0.430. The molecule has 0 aliphatic carbocycles. The Balaban J connectivity index is 2.18. The molecule has 0 fully saturated rings. The van der Waals surface area contributed by atoms with Gasteiger partial charge in [-0.1, -0.05) is 24.3 Å². The highest BCUT2D eigenvalue weighted by atomic mass is 16.4. The van der Waals surface area contributed by atoms with Gasteiger partial charge in [0.15, 0.2) is 0 Å². The van der Waals surface area contributed by atoms with Gasteiger partial charge < -0.3 is 14.8 Å². The molecule has 3 heteroatoms. The number of carboxylic acid groups (broad SMARTS) is 1. The number of carbonyl (C=O) groups is 1. The van der Waals surface area contributed by atoms with E-state index in [-0.39, 0.29) is 0 Å². The van der Waals surface area contributed by atoms with Crippen LogP contribution in [-0.2, 0) is 12.8 Å². The molecule has 0 spiro atoms. The maximum absolute atomic E-state index is 10.7. The van der Waals surface area contributed by atoms with Crippen LogP contribution < -0.4 is 5.11 Å². The molecule has 0 aromatic heterocycles. The quantitative estimate of drug-likeness (QED) is 0.595. The fourth-order valence-corrected chi connectivity index (χ4v) is 1.85. The van der Waals surface area contributed by atoms with E-state index in [9.17, 15) is 9.90 Å². The third kappa shape index (κ3) is 1.71. The molecule has 1 aromatic carbocycles. The number of fused-ring (bicyclic) bond motifs is 1. The average molecular weight is 190 g/mol. The molecule has 1 aromatic rings. The van der Waals surface area contributed by atoms with Crippen LogP contribution in [0.4, 0.5) is 4.79 Å². The standard InChI is InChI=1S/C11H13NO2/c13-11(14)12-7-5-9-3-1-2-4-10(9)6-8-12/h1-4H,5-8H2,(H,13,14)/p-1. The van der Waals surface area contributed by atoms with Crippen molar-refractivity contribution in [1.82, 2.24) is 4.90 Å². The Morgan fingerprint density at radius 2 is 1.64 bits per heavy atom.